The molecule has 1 aromatic rings. The lowest BCUT2D eigenvalue weighted by atomic mass is 10.2. The smallest absolute Gasteiger partial charge is 0.332 e. The van der Waals surface area contributed by atoms with Crippen LogP contribution in [0, 0.1) is 0 Å². The van der Waals surface area contributed by atoms with Crippen LogP contribution in [0.25, 0.3) is 0 Å². The predicted octanol–water partition coefficient (Wildman–Crippen LogP) is 1.14. The molecule has 1 rings (SSSR count). The molecule has 0 unspecified atom stereocenters. The average Bonchev–Trinajstić information content (AvgIpc) is 2.16. The highest BCUT2D eigenvalue weighted by Gasteiger charge is 1.98. The molecule has 13 heavy (non-hydrogen) atoms. The molecule has 0 heterocycles. The van der Waals surface area contributed by atoms with Crippen LogP contribution < -0.4 is 0 Å². The summed E-state index contributed by atoms with van der Waals surface area (Å²) in [5, 5.41) is 8.34. The number of halogens is 1. The number of esters is 1. The first kappa shape index (κ1) is 11.9. The van der Waals surface area contributed by atoms with Gasteiger partial charge in [-0.3, -0.25) is 0 Å². The largest absolute Gasteiger partial charge is 0.459 e. The summed E-state index contributed by atoms with van der Waals surface area (Å²) in [5.41, 5.74) is 0.916. The normalized spacial score (nSPS) is 8.69. The lowest BCUT2D eigenvalue weighted by molar-refractivity contribution is -0.148. The molecule has 1 aromatic carbocycles. The van der Waals surface area contributed by atoms with Crippen LogP contribution in [-0.4, -0.2) is 17.7 Å². The van der Waals surface area contributed by atoms with Gasteiger partial charge in [-0.15, -0.1) is 12.4 Å². The second-order valence-corrected chi connectivity index (χ2v) is 2.30. The Balaban J connectivity index is 0.00000144. The van der Waals surface area contributed by atoms with Gasteiger partial charge in [-0.1, -0.05) is 30.3 Å². The van der Waals surface area contributed by atoms with Gasteiger partial charge in [0.15, 0.2) is 0 Å². The van der Waals surface area contributed by atoms with Crippen LogP contribution in [0.3, 0.4) is 0 Å². The summed E-state index contributed by atoms with van der Waals surface area (Å²) in [7, 11) is 0. The quantitative estimate of drug-likeness (QED) is 0.748. The van der Waals surface area contributed by atoms with E-state index in [0.29, 0.717) is 0 Å². The lowest BCUT2D eigenvalue weighted by Gasteiger charge is -2.01. The van der Waals surface area contributed by atoms with Gasteiger partial charge in [-0.2, -0.15) is 0 Å². The van der Waals surface area contributed by atoms with E-state index in [4.69, 9.17) is 5.11 Å². The summed E-state index contributed by atoms with van der Waals surface area (Å²) in [4.78, 5) is 10.5. The highest BCUT2D eigenvalue weighted by molar-refractivity contribution is 5.85. The van der Waals surface area contributed by atoms with Crippen LogP contribution in [0.5, 0.6) is 0 Å². The average molecular weight is 203 g/mol. The number of hydrogen-bond donors (Lipinski definition) is 1. The van der Waals surface area contributed by atoms with E-state index in [9.17, 15) is 4.79 Å². The molecule has 0 atom stereocenters. The molecule has 0 aliphatic rings. The molecule has 0 bridgehead atoms. The monoisotopic (exact) mass is 202 g/mol. The number of rotatable bonds is 3. The maximum absolute atomic E-state index is 10.5. The molecule has 3 nitrogen and oxygen atoms in total. The first-order valence-corrected chi connectivity index (χ1v) is 3.63. The number of carbonyl (C=O) groups excluding carboxylic acids is 1. The van der Waals surface area contributed by atoms with Crippen molar-refractivity contribution in [3.8, 4) is 0 Å². The molecule has 4 heteroatoms. The Hall–Kier alpha value is -1.06. The molecule has 0 aliphatic heterocycles. The van der Waals surface area contributed by atoms with Crippen molar-refractivity contribution in [1.29, 1.82) is 0 Å². The molecule has 0 saturated heterocycles. The van der Waals surface area contributed by atoms with Crippen molar-refractivity contribution in [2.24, 2.45) is 0 Å². The van der Waals surface area contributed by atoms with E-state index >= 15 is 0 Å². The molecular formula is C9H11ClO3. The summed E-state index contributed by atoms with van der Waals surface area (Å²) in [6, 6.07) is 9.32. The Morgan fingerprint density at radius 3 is 2.46 bits per heavy atom. The van der Waals surface area contributed by atoms with E-state index in [1.54, 1.807) is 0 Å². The highest BCUT2D eigenvalue weighted by atomic mass is 35.5. The standard InChI is InChI=1S/C9H10O3.ClH/c10-6-9(11)12-7-8-4-2-1-3-5-8;/h1-5,10H,6-7H2;1H. The summed E-state index contributed by atoms with van der Waals surface area (Å²) < 4.78 is 4.69. The highest BCUT2D eigenvalue weighted by Crippen LogP contribution is 1.99. The Kier molecular flexibility index (Phi) is 5.93. The summed E-state index contributed by atoms with van der Waals surface area (Å²) in [6.45, 7) is -0.340. The van der Waals surface area contributed by atoms with Gasteiger partial charge in [0.1, 0.15) is 13.2 Å². The number of hydrogen-bond acceptors (Lipinski definition) is 3. The van der Waals surface area contributed by atoms with Crippen LogP contribution in [0.2, 0.25) is 0 Å². The van der Waals surface area contributed by atoms with Crippen LogP contribution in [0.1, 0.15) is 5.56 Å². The van der Waals surface area contributed by atoms with Crippen molar-refractivity contribution in [3.05, 3.63) is 35.9 Å². The number of ether oxygens (including phenoxy) is 1. The minimum absolute atomic E-state index is 0. The second kappa shape index (κ2) is 6.46. The second-order valence-electron chi connectivity index (χ2n) is 2.30. The van der Waals surface area contributed by atoms with Gasteiger partial charge < -0.3 is 9.84 Å². The zero-order valence-electron chi connectivity index (χ0n) is 6.97. The van der Waals surface area contributed by atoms with Crippen molar-refractivity contribution in [3.63, 3.8) is 0 Å². The van der Waals surface area contributed by atoms with E-state index < -0.39 is 12.6 Å². The molecule has 0 amide bonds. The van der Waals surface area contributed by atoms with Crippen LogP contribution in [0.4, 0.5) is 0 Å². The number of aliphatic hydroxyl groups is 1. The number of benzene rings is 1. The fraction of sp³-hybridized carbons (Fsp3) is 0.222. The third-order valence-corrected chi connectivity index (χ3v) is 1.37. The number of carbonyl (C=O) groups is 1. The molecule has 0 spiro atoms. The van der Waals surface area contributed by atoms with Crippen molar-refractivity contribution < 1.29 is 14.6 Å². The summed E-state index contributed by atoms with van der Waals surface area (Å²) >= 11 is 0. The zero-order valence-corrected chi connectivity index (χ0v) is 7.79. The van der Waals surface area contributed by atoms with Crippen LogP contribution in [-0.2, 0) is 16.1 Å². The third-order valence-electron chi connectivity index (χ3n) is 1.37. The van der Waals surface area contributed by atoms with Crippen molar-refractivity contribution in [2.45, 2.75) is 6.61 Å². The lowest BCUT2D eigenvalue weighted by Crippen LogP contribution is -2.08. The molecule has 0 aliphatic carbocycles. The van der Waals surface area contributed by atoms with Gasteiger partial charge in [0, 0.05) is 0 Å². The van der Waals surface area contributed by atoms with Crippen molar-refractivity contribution in [1.82, 2.24) is 0 Å². The SMILES string of the molecule is Cl.O=C(CO)OCc1ccccc1. The first-order valence-electron chi connectivity index (χ1n) is 3.63. The van der Waals surface area contributed by atoms with E-state index in [0.717, 1.165) is 5.56 Å². The summed E-state index contributed by atoms with van der Waals surface area (Å²) in [5.74, 6) is -0.598. The Bertz CT molecular complexity index is 248. The van der Waals surface area contributed by atoms with Gasteiger partial charge in [0.05, 0.1) is 0 Å². The van der Waals surface area contributed by atoms with Crippen LogP contribution >= 0.6 is 12.4 Å². The fourth-order valence-electron chi connectivity index (χ4n) is 0.784. The summed E-state index contributed by atoms with van der Waals surface area (Å²) in [6.07, 6.45) is 0. The molecule has 0 fully saturated rings. The van der Waals surface area contributed by atoms with Crippen molar-refractivity contribution in [2.75, 3.05) is 6.61 Å². The molecular weight excluding hydrogens is 192 g/mol. The van der Waals surface area contributed by atoms with E-state index in [2.05, 4.69) is 4.74 Å². The Labute approximate surface area is 82.7 Å². The Morgan fingerprint density at radius 2 is 1.92 bits per heavy atom. The number of aliphatic hydroxyl groups excluding tert-OH is 1. The van der Waals surface area contributed by atoms with Gasteiger partial charge in [-0.25, -0.2) is 4.79 Å². The maximum Gasteiger partial charge on any atom is 0.332 e. The zero-order chi connectivity index (χ0) is 8.81. The topological polar surface area (TPSA) is 46.5 Å². The maximum atomic E-state index is 10.5. The molecule has 0 saturated carbocycles. The molecule has 0 aromatic heterocycles. The predicted molar refractivity (Wildman–Crippen MR) is 50.6 cm³/mol. The molecule has 1 N–H and O–H groups in total. The van der Waals surface area contributed by atoms with Gasteiger partial charge >= 0.3 is 5.97 Å². The van der Waals surface area contributed by atoms with Gasteiger partial charge in [0.25, 0.3) is 0 Å². The van der Waals surface area contributed by atoms with Crippen LogP contribution in [0.15, 0.2) is 30.3 Å². The van der Waals surface area contributed by atoms with Gasteiger partial charge in [0.2, 0.25) is 0 Å². The van der Waals surface area contributed by atoms with Gasteiger partial charge in [-0.05, 0) is 5.56 Å². The minimum atomic E-state index is -0.598. The van der Waals surface area contributed by atoms with E-state index in [1.807, 2.05) is 30.3 Å². The third kappa shape index (κ3) is 4.50. The first-order chi connectivity index (χ1) is 5.83. The van der Waals surface area contributed by atoms with E-state index in [1.165, 1.54) is 0 Å². The molecule has 72 valence electrons. The van der Waals surface area contributed by atoms with Crippen molar-refractivity contribution >= 4 is 18.4 Å². The minimum Gasteiger partial charge on any atom is -0.459 e. The fourth-order valence-corrected chi connectivity index (χ4v) is 0.784. The molecule has 0 radical (unpaired) electrons. The van der Waals surface area contributed by atoms with E-state index in [-0.39, 0.29) is 19.0 Å². The Morgan fingerprint density at radius 1 is 1.31 bits per heavy atom.